The van der Waals surface area contributed by atoms with Crippen LogP contribution < -0.4 is 11.1 Å². The van der Waals surface area contributed by atoms with E-state index in [1.165, 1.54) is 0 Å². The lowest BCUT2D eigenvalue weighted by Gasteiger charge is -2.12. The molecule has 1 heterocycles. The molecule has 48 valence electrons. The van der Waals surface area contributed by atoms with E-state index in [0.29, 0.717) is 0 Å². The molecule has 2 atom stereocenters. The van der Waals surface area contributed by atoms with E-state index in [4.69, 9.17) is 10.5 Å². The first kappa shape index (κ1) is 6.01. The summed E-state index contributed by atoms with van der Waals surface area (Å²) in [5.41, 5.74) is 5.51. The smallest absolute Gasteiger partial charge is 0.123 e. The molecule has 3 heteroatoms. The largest absolute Gasteiger partial charge is 0.360 e. The highest BCUT2D eigenvalue weighted by atomic mass is 16.5. The van der Waals surface area contributed by atoms with Crippen molar-refractivity contribution < 1.29 is 4.74 Å². The van der Waals surface area contributed by atoms with Crippen LogP contribution in [0.5, 0.6) is 0 Å². The first-order valence-corrected chi connectivity index (χ1v) is 2.91. The first-order chi connectivity index (χ1) is 3.80. The number of nitrogens with two attached hydrogens (primary N) is 1. The minimum Gasteiger partial charge on any atom is -0.360 e. The molecular formula is C5H12N2O. The second-order valence-corrected chi connectivity index (χ2v) is 2.10. The van der Waals surface area contributed by atoms with Crippen LogP contribution in [-0.4, -0.2) is 25.4 Å². The molecule has 0 aromatic rings. The minimum atomic E-state index is 0.0926. The number of hydrogen-bond donors (Lipinski definition) is 2. The summed E-state index contributed by atoms with van der Waals surface area (Å²) in [6.07, 6.45) is 0.0926. The van der Waals surface area contributed by atoms with Crippen molar-refractivity contribution in [2.24, 2.45) is 5.73 Å². The zero-order valence-electron chi connectivity index (χ0n) is 5.05. The summed E-state index contributed by atoms with van der Waals surface area (Å²) in [5.74, 6) is 0. The minimum absolute atomic E-state index is 0.0926. The van der Waals surface area contributed by atoms with Crippen molar-refractivity contribution in [1.29, 1.82) is 0 Å². The van der Waals surface area contributed by atoms with Gasteiger partial charge < -0.3 is 10.5 Å². The van der Waals surface area contributed by atoms with Gasteiger partial charge in [0.1, 0.15) is 6.23 Å². The fourth-order valence-electron chi connectivity index (χ4n) is 0.784. The molecule has 0 saturated carbocycles. The second-order valence-electron chi connectivity index (χ2n) is 2.10. The first-order valence-electron chi connectivity index (χ1n) is 2.91. The topological polar surface area (TPSA) is 47.3 Å². The Hall–Kier alpha value is -0.120. The van der Waals surface area contributed by atoms with Crippen molar-refractivity contribution in [2.75, 3.05) is 13.2 Å². The molecule has 1 aliphatic heterocycles. The molecule has 3 N–H and O–H groups in total. The van der Waals surface area contributed by atoms with Crippen LogP contribution in [0.1, 0.15) is 6.92 Å². The molecule has 0 spiro atoms. The molecule has 0 aliphatic carbocycles. The molecule has 0 radical (unpaired) electrons. The number of hydrogen-bond acceptors (Lipinski definition) is 3. The quantitative estimate of drug-likeness (QED) is 0.475. The monoisotopic (exact) mass is 116 g/mol. The van der Waals surface area contributed by atoms with E-state index in [1.807, 2.05) is 6.92 Å². The maximum absolute atomic E-state index is 5.51. The molecule has 8 heavy (non-hydrogen) atoms. The lowest BCUT2D eigenvalue weighted by molar-refractivity contribution is 0.0846. The highest BCUT2D eigenvalue weighted by Gasteiger charge is 2.17. The number of rotatable bonds is 1. The molecule has 3 nitrogen and oxygen atoms in total. The van der Waals surface area contributed by atoms with Crippen molar-refractivity contribution in [3.63, 3.8) is 0 Å². The normalized spacial score (nSPS) is 33.0. The zero-order chi connectivity index (χ0) is 5.98. The van der Waals surface area contributed by atoms with Gasteiger partial charge in [0.15, 0.2) is 0 Å². The van der Waals surface area contributed by atoms with Gasteiger partial charge in [-0.2, -0.15) is 0 Å². The summed E-state index contributed by atoms with van der Waals surface area (Å²) in [4.78, 5) is 0. The van der Waals surface area contributed by atoms with Gasteiger partial charge in [-0.05, 0) is 6.92 Å². The van der Waals surface area contributed by atoms with Crippen LogP contribution in [0.25, 0.3) is 0 Å². The summed E-state index contributed by atoms with van der Waals surface area (Å²) >= 11 is 0. The molecule has 0 bridgehead atoms. The highest BCUT2D eigenvalue weighted by molar-refractivity contribution is 4.70. The van der Waals surface area contributed by atoms with Crippen LogP contribution in [0.3, 0.4) is 0 Å². The lowest BCUT2D eigenvalue weighted by atomic mass is 10.3. The predicted octanol–water partition coefficient (Wildman–Crippen LogP) is -0.720. The third-order valence-corrected chi connectivity index (χ3v) is 1.22. The van der Waals surface area contributed by atoms with Gasteiger partial charge >= 0.3 is 0 Å². The molecule has 1 saturated heterocycles. The molecule has 0 aromatic heterocycles. The Kier molecular flexibility index (Phi) is 1.83. The molecule has 0 aromatic carbocycles. The van der Waals surface area contributed by atoms with E-state index in [0.717, 1.165) is 13.2 Å². The van der Waals surface area contributed by atoms with Crippen molar-refractivity contribution in [3.05, 3.63) is 0 Å². The van der Waals surface area contributed by atoms with Gasteiger partial charge in [-0.25, -0.2) is 0 Å². The van der Waals surface area contributed by atoms with Gasteiger partial charge in [-0.1, -0.05) is 0 Å². The molecule has 0 amide bonds. The van der Waals surface area contributed by atoms with Gasteiger partial charge in [0.25, 0.3) is 0 Å². The SMILES string of the molecule is CC(N)C1NCCO1. The number of ether oxygens (including phenoxy) is 1. The average Bonchev–Trinajstić information content (AvgIpc) is 2.12. The Morgan fingerprint density at radius 1 is 1.88 bits per heavy atom. The molecule has 1 aliphatic rings. The third kappa shape index (κ3) is 1.18. The van der Waals surface area contributed by atoms with Crippen LogP contribution in [0.15, 0.2) is 0 Å². The van der Waals surface area contributed by atoms with Gasteiger partial charge in [-0.15, -0.1) is 0 Å². The Labute approximate surface area is 49.2 Å². The van der Waals surface area contributed by atoms with Gasteiger partial charge in [0.2, 0.25) is 0 Å². The van der Waals surface area contributed by atoms with Crippen LogP contribution in [0, 0.1) is 0 Å². The van der Waals surface area contributed by atoms with E-state index < -0.39 is 0 Å². The van der Waals surface area contributed by atoms with E-state index in [-0.39, 0.29) is 12.3 Å². The van der Waals surface area contributed by atoms with Gasteiger partial charge in [-0.3, -0.25) is 5.32 Å². The van der Waals surface area contributed by atoms with E-state index >= 15 is 0 Å². The molecular weight excluding hydrogens is 104 g/mol. The Balaban J connectivity index is 2.24. The lowest BCUT2D eigenvalue weighted by Crippen LogP contribution is -2.39. The third-order valence-electron chi connectivity index (χ3n) is 1.22. The average molecular weight is 116 g/mol. The Bertz CT molecular complexity index is 68.8. The summed E-state index contributed by atoms with van der Waals surface area (Å²) in [7, 11) is 0. The van der Waals surface area contributed by atoms with Gasteiger partial charge in [0, 0.05) is 12.6 Å². The van der Waals surface area contributed by atoms with Crippen LogP contribution in [0.4, 0.5) is 0 Å². The van der Waals surface area contributed by atoms with Crippen LogP contribution >= 0.6 is 0 Å². The predicted molar refractivity (Wildman–Crippen MR) is 31.4 cm³/mol. The summed E-state index contributed by atoms with van der Waals surface area (Å²) < 4.78 is 5.18. The molecule has 1 fully saturated rings. The van der Waals surface area contributed by atoms with Crippen molar-refractivity contribution in [1.82, 2.24) is 5.32 Å². The van der Waals surface area contributed by atoms with Crippen molar-refractivity contribution in [3.8, 4) is 0 Å². The van der Waals surface area contributed by atoms with Gasteiger partial charge in [0.05, 0.1) is 6.61 Å². The summed E-state index contributed by atoms with van der Waals surface area (Å²) in [5, 5.41) is 3.11. The maximum atomic E-state index is 5.51. The van der Waals surface area contributed by atoms with Crippen molar-refractivity contribution in [2.45, 2.75) is 19.2 Å². The molecule has 2 unspecified atom stereocenters. The van der Waals surface area contributed by atoms with Crippen LogP contribution in [-0.2, 0) is 4.74 Å². The Morgan fingerprint density at radius 3 is 2.88 bits per heavy atom. The highest BCUT2D eigenvalue weighted by Crippen LogP contribution is 1.97. The summed E-state index contributed by atoms with van der Waals surface area (Å²) in [6.45, 7) is 3.67. The fraction of sp³-hybridized carbons (Fsp3) is 1.00. The molecule has 1 rings (SSSR count). The zero-order valence-corrected chi connectivity index (χ0v) is 5.05. The maximum Gasteiger partial charge on any atom is 0.123 e. The summed E-state index contributed by atoms with van der Waals surface area (Å²) in [6, 6.07) is 0.109. The second kappa shape index (κ2) is 2.44. The fourth-order valence-corrected chi connectivity index (χ4v) is 0.784. The number of nitrogens with one attached hydrogen (secondary N) is 1. The standard InChI is InChI=1S/C5H12N2O/c1-4(6)5-7-2-3-8-5/h4-5,7H,2-3,6H2,1H3. The van der Waals surface area contributed by atoms with Crippen molar-refractivity contribution >= 4 is 0 Å². The Morgan fingerprint density at radius 2 is 2.62 bits per heavy atom. The van der Waals surface area contributed by atoms with E-state index in [2.05, 4.69) is 5.32 Å². The van der Waals surface area contributed by atoms with E-state index in [1.54, 1.807) is 0 Å². The van der Waals surface area contributed by atoms with E-state index in [9.17, 15) is 0 Å². The van der Waals surface area contributed by atoms with Crippen LogP contribution in [0.2, 0.25) is 0 Å².